The number of hydrogen-bond donors (Lipinski definition) is 1. The number of aryl methyl sites for hydroxylation is 1. The van der Waals surface area contributed by atoms with Crippen LogP contribution in [0.5, 0.6) is 5.75 Å². The summed E-state index contributed by atoms with van der Waals surface area (Å²) in [5.41, 5.74) is 1.13. The minimum absolute atomic E-state index is 0.276. The lowest BCUT2D eigenvalue weighted by Gasteiger charge is -2.04. The lowest BCUT2D eigenvalue weighted by atomic mass is 10.2. The van der Waals surface area contributed by atoms with Gasteiger partial charge in [0.05, 0.1) is 5.69 Å². The molecule has 2 rings (SSSR count). The first-order valence-electron chi connectivity index (χ1n) is 7.30. The Bertz CT molecular complexity index is 571. The van der Waals surface area contributed by atoms with Gasteiger partial charge >= 0.3 is 0 Å². The number of thiazole rings is 1. The van der Waals surface area contributed by atoms with E-state index < -0.39 is 0 Å². The van der Waals surface area contributed by atoms with E-state index in [2.05, 4.69) is 24.1 Å². The standard InChI is InChI=1S/C16H21FN2OS/c1-3-7-13-15(10-18-4-2)21-16(19-13)11-20-14-9-6-5-8-12(14)17/h5-6,8-9,18H,3-4,7,10-11H2,1-2H3. The fourth-order valence-electron chi connectivity index (χ4n) is 2.01. The number of para-hydroxylation sites is 1. The zero-order valence-electron chi connectivity index (χ0n) is 12.5. The van der Waals surface area contributed by atoms with Gasteiger partial charge in [-0.05, 0) is 25.1 Å². The maximum atomic E-state index is 13.5. The molecule has 0 spiro atoms. The third kappa shape index (κ3) is 4.51. The molecule has 21 heavy (non-hydrogen) atoms. The number of nitrogens with one attached hydrogen (secondary N) is 1. The maximum absolute atomic E-state index is 13.5. The molecule has 0 aliphatic heterocycles. The van der Waals surface area contributed by atoms with Crippen molar-refractivity contribution in [2.45, 2.75) is 39.8 Å². The van der Waals surface area contributed by atoms with E-state index in [9.17, 15) is 4.39 Å². The molecule has 5 heteroatoms. The lowest BCUT2D eigenvalue weighted by molar-refractivity contribution is 0.289. The van der Waals surface area contributed by atoms with Crippen molar-refractivity contribution in [2.24, 2.45) is 0 Å². The van der Waals surface area contributed by atoms with Gasteiger partial charge in [-0.15, -0.1) is 11.3 Å². The summed E-state index contributed by atoms with van der Waals surface area (Å²) >= 11 is 1.64. The van der Waals surface area contributed by atoms with Gasteiger partial charge in [0.1, 0.15) is 11.6 Å². The van der Waals surface area contributed by atoms with Crippen LogP contribution >= 0.6 is 11.3 Å². The molecule has 0 fully saturated rings. The first-order valence-corrected chi connectivity index (χ1v) is 8.11. The summed E-state index contributed by atoms with van der Waals surface area (Å²) in [6.07, 6.45) is 2.04. The third-order valence-electron chi connectivity index (χ3n) is 3.03. The van der Waals surface area contributed by atoms with Crippen molar-refractivity contribution < 1.29 is 9.13 Å². The average Bonchev–Trinajstić information content (AvgIpc) is 2.87. The van der Waals surface area contributed by atoms with Gasteiger partial charge in [-0.2, -0.15) is 0 Å². The van der Waals surface area contributed by atoms with Crippen LogP contribution in [0.15, 0.2) is 24.3 Å². The Hall–Kier alpha value is -1.46. The molecule has 0 saturated carbocycles. The molecule has 1 aromatic heterocycles. The summed E-state index contributed by atoms with van der Waals surface area (Å²) in [6, 6.07) is 6.45. The van der Waals surface area contributed by atoms with Crippen molar-refractivity contribution in [3.05, 3.63) is 45.7 Å². The molecule has 0 aliphatic rings. The highest BCUT2D eigenvalue weighted by molar-refractivity contribution is 7.11. The maximum Gasteiger partial charge on any atom is 0.165 e. The van der Waals surface area contributed by atoms with Crippen molar-refractivity contribution in [1.82, 2.24) is 10.3 Å². The molecule has 0 atom stereocenters. The smallest absolute Gasteiger partial charge is 0.165 e. The highest BCUT2D eigenvalue weighted by Crippen LogP contribution is 2.23. The SMILES string of the molecule is CCCc1nc(COc2ccccc2F)sc1CNCC. The van der Waals surface area contributed by atoms with E-state index in [4.69, 9.17) is 4.74 Å². The second kappa shape index (κ2) is 8.10. The van der Waals surface area contributed by atoms with Crippen LogP contribution in [0.2, 0.25) is 0 Å². The normalized spacial score (nSPS) is 10.8. The molecule has 0 radical (unpaired) electrons. The molecule has 0 bridgehead atoms. The van der Waals surface area contributed by atoms with Gasteiger partial charge in [-0.25, -0.2) is 9.37 Å². The van der Waals surface area contributed by atoms with Crippen molar-refractivity contribution >= 4 is 11.3 Å². The largest absolute Gasteiger partial charge is 0.483 e. The molecule has 0 aliphatic carbocycles. The van der Waals surface area contributed by atoms with Crippen LogP contribution in [0.25, 0.3) is 0 Å². The number of halogens is 1. The van der Waals surface area contributed by atoms with Gasteiger partial charge in [0.15, 0.2) is 11.6 Å². The molecule has 0 saturated heterocycles. The Morgan fingerprint density at radius 3 is 2.81 bits per heavy atom. The number of nitrogens with zero attached hydrogens (tertiary/aromatic N) is 1. The Kier molecular flexibility index (Phi) is 6.14. The fraction of sp³-hybridized carbons (Fsp3) is 0.438. The van der Waals surface area contributed by atoms with Crippen LogP contribution in [-0.4, -0.2) is 11.5 Å². The van der Waals surface area contributed by atoms with E-state index in [-0.39, 0.29) is 11.6 Å². The fourth-order valence-corrected chi connectivity index (χ4v) is 3.01. The van der Waals surface area contributed by atoms with Gasteiger partial charge < -0.3 is 10.1 Å². The van der Waals surface area contributed by atoms with E-state index in [0.29, 0.717) is 6.61 Å². The second-order valence-corrected chi connectivity index (χ2v) is 5.90. The zero-order chi connectivity index (χ0) is 15.1. The van der Waals surface area contributed by atoms with Gasteiger partial charge in [0, 0.05) is 11.4 Å². The van der Waals surface area contributed by atoms with E-state index in [0.717, 1.165) is 36.6 Å². The number of hydrogen-bond acceptors (Lipinski definition) is 4. The van der Waals surface area contributed by atoms with Crippen molar-refractivity contribution in [2.75, 3.05) is 6.54 Å². The van der Waals surface area contributed by atoms with Crippen LogP contribution in [0.4, 0.5) is 4.39 Å². The van der Waals surface area contributed by atoms with Crippen LogP contribution < -0.4 is 10.1 Å². The Morgan fingerprint density at radius 2 is 2.10 bits per heavy atom. The van der Waals surface area contributed by atoms with Crippen molar-refractivity contribution in [3.63, 3.8) is 0 Å². The summed E-state index contributed by atoms with van der Waals surface area (Å²) in [4.78, 5) is 5.88. The van der Waals surface area contributed by atoms with Crippen LogP contribution in [0.3, 0.4) is 0 Å². The zero-order valence-corrected chi connectivity index (χ0v) is 13.3. The van der Waals surface area contributed by atoms with Crippen molar-refractivity contribution in [3.8, 4) is 5.75 Å². The monoisotopic (exact) mass is 308 g/mol. The number of aromatic nitrogens is 1. The molecule has 1 heterocycles. The predicted octanol–water partition coefficient (Wildman–Crippen LogP) is 3.92. The number of ether oxygens (including phenoxy) is 1. The molecule has 0 amide bonds. The molecule has 2 aromatic rings. The van der Waals surface area contributed by atoms with Gasteiger partial charge in [-0.1, -0.05) is 32.4 Å². The highest BCUT2D eigenvalue weighted by atomic mass is 32.1. The Labute approximate surface area is 129 Å². The van der Waals surface area contributed by atoms with Crippen LogP contribution in [-0.2, 0) is 19.6 Å². The van der Waals surface area contributed by atoms with Gasteiger partial charge in [-0.3, -0.25) is 0 Å². The molecule has 1 N–H and O–H groups in total. The first-order chi connectivity index (χ1) is 10.2. The van der Waals surface area contributed by atoms with E-state index in [1.165, 1.54) is 10.9 Å². The molecule has 1 aromatic carbocycles. The highest BCUT2D eigenvalue weighted by Gasteiger charge is 2.11. The van der Waals surface area contributed by atoms with E-state index in [1.807, 2.05) is 0 Å². The van der Waals surface area contributed by atoms with Gasteiger partial charge in [0.2, 0.25) is 0 Å². The molecule has 114 valence electrons. The van der Waals surface area contributed by atoms with Crippen LogP contribution in [0, 0.1) is 5.82 Å². The van der Waals surface area contributed by atoms with Gasteiger partial charge in [0.25, 0.3) is 0 Å². The Morgan fingerprint density at radius 1 is 1.29 bits per heavy atom. The third-order valence-corrected chi connectivity index (χ3v) is 4.10. The summed E-state index contributed by atoms with van der Waals surface area (Å²) in [5, 5.41) is 4.23. The summed E-state index contributed by atoms with van der Waals surface area (Å²) in [7, 11) is 0. The summed E-state index contributed by atoms with van der Waals surface area (Å²) in [5.74, 6) is -0.0614. The minimum atomic E-state index is -0.337. The summed E-state index contributed by atoms with van der Waals surface area (Å²) in [6.45, 7) is 6.32. The minimum Gasteiger partial charge on any atom is -0.483 e. The quantitative estimate of drug-likeness (QED) is 0.802. The molecular weight excluding hydrogens is 287 g/mol. The second-order valence-electron chi connectivity index (χ2n) is 4.73. The number of benzene rings is 1. The topological polar surface area (TPSA) is 34.1 Å². The average molecular weight is 308 g/mol. The van der Waals surface area contributed by atoms with Crippen molar-refractivity contribution in [1.29, 1.82) is 0 Å². The molecule has 3 nitrogen and oxygen atoms in total. The van der Waals surface area contributed by atoms with E-state index in [1.54, 1.807) is 29.5 Å². The van der Waals surface area contributed by atoms with Crippen LogP contribution in [0.1, 0.15) is 35.8 Å². The van der Waals surface area contributed by atoms with E-state index >= 15 is 0 Å². The summed E-state index contributed by atoms with van der Waals surface area (Å²) < 4.78 is 19.0. The number of rotatable bonds is 8. The lowest BCUT2D eigenvalue weighted by Crippen LogP contribution is -2.11. The Balaban J connectivity index is 2.04. The molecule has 0 unspecified atom stereocenters. The molecular formula is C16H21FN2OS. The predicted molar refractivity (Wildman–Crippen MR) is 84.2 cm³/mol. The first kappa shape index (κ1) is 15.9.